The molecule has 0 radical (unpaired) electrons. The number of aryl methyl sites for hydroxylation is 1. The van der Waals surface area contributed by atoms with Crippen LogP contribution in [0.5, 0.6) is 11.5 Å². The summed E-state index contributed by atoms with van der Waals surface area (Å²) in [7, 11) is 0. The Morgan fingerprint density at radius 3 is 2.67 bits per heavy atom. The van der Waals surface area contributed by atoms with Gasteiger partial charge in [0.15, 0.2) is 0 Å². The maximum absolute atomic E-state index is 6.20. The van der Waals surface area contributed by atoms with E-state index < -0.39 is 0 Å². The number of nitrogens with one attached hydrogen (secondary N) is 1. The van der Waals surface area contributed by atoms with Crippen molar-refractivity contribution in [2.45, 2.75) is 20.4 Å². The minimum atomic E-state index is 0.496. The molecule has 1 N–H and O–H groups in total. The van der Waals surface area contributed by atoms with Crippen molar-refractivity contribution in [3.05, 3.63) is 50.2 Å². The summed E-state index contributed by atoms with van der Waals surface area (Å²) in [4.78, 5) is 4.30. The van der Waals surface area contributed by atoms with Gasteiger partial charge in [0.05, 0.1) is 10.0 Å². The lowest BCUT2D eigenvalue weighted by Crippen LogP contribution is -2.12. The molecule has 0 atom stereocenters. The highest BCUT2D eigenvalue weighted by molar-refractivity contribution is 9.10. The van der Waals surface area contributed by atoms with Gasteiger partial charge in [-0.25, -0.2) is 0 Å². The van der Waals surface area contributed by atoms with Gasteiger partial charge in [-0.15, -0.1) is 0 Å². The van der Waals surface area contributed by atoms with Gasteiger partial charge < -0.3 is 10.1 Å². The number of pyridine rings is 1. The molecule has 0 unspecified atom stereocenters. The van der Waals surface area contributed by atoms with Crippen molar-refractivity contribution in [1.82, 2.24) is 10.3 Å². The lowest BCUT2D eigenvalue weighted by molar-refractivity contribution is 0.472. The molecular formula is C15H15BrCl2N2O. The molecule has 0 aliphatic rings. The average Bonchev–Trinajstić information content (AvgIpc) is 2.44. The highest BCUT2D eigenvalue weighted by Gasteiger charge is 2.11. The Bertz CT molecular complexity index is 650. The van der Waals surface area contributed by atoms with Crippen LogP contribution in [0, 0.1) is 6.92 Å². The average molecular weight is 390 g/mol. The minimum Gasteiger partial charge on any atom is -0.455 e. The molecule has 3 nitrogen and oxygen atoms in total. The molecule has 0 aliphatic carbocycles. The van der Waals surface area contributed by atoms with Gasteiger partial charge in [-0.05, 0) is 35.5 Å². The fourth-order valence-corrected chi connectivity index (χ4v) is 2.58. The van der Waals surface area contributed by atoms with Crippen molar-refractivity contribution in [3.8, 4) is 11.5 Å². The van der Waals surface area contributed by atoms with Crippen molar-refractivity contribution in [3.63, 3.8) is 0 Å². The molecule has 0 saturated heterocycles. The summed E-state index contributed by atoms with van der Waals surface area (Å²) in [5.41, 5.74) is 1.85. The maximum Gasteiger partial charge on any atom is 0.147 e. The molecule has 2 aromatic rings. The molecule has 1 aromatic heterocycles. The van der Waals surface area contributed by atoms with Crippen LogP contribution in [-0.4, -0.2) is 11.5 Å². The van der Waals surface area contributed by atoms with Gasteiger partial charge in [-0.1, -0.05) is 30.1 Å². The van der Waals surface area contributed by atoms with Crippen molar-refractivity contribution in [2.24, 2.45) is 0 Å². The first-order valence-corrected chi connectivity index (χ1v) is 8.04. The van der Waals surface area contributed by atoms with Gasteiger partial charge in [0, 0.05) is 40.6 Å². The van der Waals surface area contributed by atoms with Crippen molar-refractivity contribution in [1.29, 1.82) is 0 Å². The molecule has 112 valence electrons. The SMILES string of the molecule is CCNCc1cnc(C)cc1Oc1cc(Cl)c(Br)cc1Cl. The molecule has 0 saturated carbocycles. The third-order valence-corrected chi connectivity index (χ3v) is 4.33. The first-order valence-electron chi connectivity index (χ1n) is 6.50. The summed E-state index contributed by atoms with van der Waals surface area (Å²) in [6.45, 7) is 5.52. The molecule has 0 spiro atoms. The van der Waals surface area contributed by atoms with Gasteiger partial charge >= 0.3 is 0 Å². The zero-order valence-corrected chi connectivity index (χ0v) is 14.8. The summed E-state index contributed by atoms with van der Waals surface area (Å²) >= 11 is 15.6. The van der Waals surface area contributed by atoms with Crippen LogP contribution in [0.1, 0.15) is 18.2 Å². The first-order chi connectivity index (χ1) is 10.0. The Hall–Kier alpha value is -0.810. The van der Waals surface area contributed by atoms with Gasteiger partial charge in [0.25, 0.3) is 0 Å². The predicted molar refractivity (Wildman–Crippen MR) is 90.6 cm³/mol. The third-order valence-electron chi connectivity index (χ3n) is 2.84. The van der Waals surface area contributed by atoms with Gasteiger partial charge in [0.1, 0.15) is 11.5 Å². The summed E-state index contributed by atoms with van der Waals surface area (Å²) in [5, 5.41) is 4.30. The van der Waals surface area contributed by atoms with Crippen LogP contribution < -0.4 is 10.1 Å². The van der Waals surface area contributed by atoms with E-state index in [1.54, 1.807) is 12.1 Å². The number of benzene rings is 1. The quantitative estimate of drug-likeness (QED) is 0.698. The molecule has 0 aliphatic heterocycles. The minimum absolute atomic E-state index is 0.496. The lowest BCUT2D eigenvalue weighted by Gasteiger charge is -2.13. The van der Waals surface area contributed by atoms with Crippen LogP contribution >= 0.6 is 39.1 Å². The van der Waals surface area contributed by atoms with Crippen LogP contribution in [0.25, 0.3) is 0 Å². The molecule has 0 amide bonds. The summed E-state index contributed by atoms with van der Waals surface area (Å²) < 4.78 is 6.67. The Balaban J connectivity index is 2.34. The summed E-state index contributed by atoms with van der Waals surface area (Å²) in [6.07, 6.45) is 1.81. The number of nitrogens with zero attached hydrogens (tertiary/aromatic N) is 1. The van der Waals surface area contributed by atoms with E-state index in [0.717, 1.165) is 28.0 Å². The van der Waals surface area contributed by atoms with Gasteiger partial charge in [0.2, 0.25) is 0 Å². The van der Waals surface area contributed by atoms with Crippen LogP contribution in [0.3, 0.4) is 0 Å². The Morgan fingerprint density at radius 2 is 1.95 bits per heavy atom. The monoisotopic (exact) mass is 388 g/mol. The molecule has 21 heavy (non-hydrogen) atoms. The van der Waals surface area contributed by atoms with E-state index in [0.29, 0.717) is 22.3 Å². The van der Waals surface area contributed by atoms with Crippen LogP contribution in [-0.2, 0) is 6.54 Å². The molecule has 1 heterocycles. The fourth-order valence-electron chi connectivity index (χ4n) is 1.75. The van der Waals surface area contributed by atoms with Crippen molar-refractivity contribution >= 4 is 39.1 Å². The summed E-state index contributed by atoms with van der Waals surface area (Å²) in [5.74, 6) is 1.25. The zero-order valence-electron chi connectivity index (χ0n) is 11.7. The fraction of sp³-hybridized carbons (Fsp3) is 0.267. The molecule has 2 rings (SSSR count). The number of ether oxygens (including phenoxy) is 1. The number of hydrogen-bond acceptors (Lipinski definition) is 3. The largest absolute Gasteiger partial charge is 0.455 e. The second-order valence-corrected chi connectivity index (χ2v) is 6.18. The van der Waals surface area contributed by atoms with Crippen molar-refractivity contribution < 1.29 is 4.74 Å². The van der Waals surface area contributed by atoms with E-state index in [4.69, 9.17) is 27.9 Å². The Labute approximate surface area is 142 Å². The third kappa shape index (κ3) is 4.33. The number of hydrogen-bond donors (Lipinski definition) is 1. The van der Waals surface area contributed by atoms with Crippen LogP contribution in [0.15, 0.2) is 28.9 Å². The molecule has 0 bridgehead atoms. The van der Waals surface area contributed by atoms with Crippen molar-refractivity contribution in [2.75, 3.05) is 6.54 Å². The first kappa shape index (κ1) is 16.6. The maximum atomic E-state index is 6.20. The molecule has 6 heteroatoms. The lowest BCUT2D eigenvalue weighted by atomic mass is 10.2. The van der Waals surface area contributed by atoms with E-state index in [1.165, 1.54) is 0 Å². The van der Waals surface area contributed by atoms with Gasteiger partial charge in [-0.2, -0.15) is 0 Å². The smallest absolute Gasteiger partial charge is 0.147 e. The summed E-state index contributed by atoms with van der Waals surface area (Å²) in [6, 6.07) is 5.30. The Kier molecular flexibility index (Phi) is 5.88. The van der Waals surface area contributed by atoms with Gasteiger partial charge in [-0.3, -0.25) is 4.98 Å². The Morgan fingerprint density at radius 1 is 1.19 bits per heavy atom. The number of halogens is 3. The van der Waals surface area contributed by atoms with E-state index >= 15 is 0 Å². The highest BCUT2D eigenvalue weighted by Crippen LogP contribution is 2.37. The standard InChI is InChI=1S/C15H15BrCl2N2O/c1-3-19-7-10-8-20-9(2)4-14(10)21-15-6-12(17)11(16)5-13(15)18/h4-6,8,19H,3,7H2,1-2H3. The molecule has 1 aromatic carbocycles. The second-order valence-electron chi connectivity index (χ2n) is 4.51. The van der Waals surface area contributed by atoms with E-state index in [-0.39, 0.29) is 0 Å². The van der Waals surface area contributed by atoms with E-state index in [1.807, 2.05) is 26.1 Å². The number of aromatic nitrogens is 1. The second kappa shape index (κ2) is 7.45. The predicted octanol–water partition coefficient (Wildman–Crippen LogP) is 5.36. The van der Waals surface area contributed by atoms with E-state index in [2.05, 4.69) is 26.2 Å². The zero-order chi connectivity index (χ0) is 15.4. The van der Waals surface area contributed by atoms with Crippen LogP contribution in [0.2, 0.25) is 10.0 Å². The van der Waals surface area contributed by atoms with E-state index in [9.17, 15) is 0 Å². The normalized spacial score (nSPS) is 10.7. The van der Waals surface area contributed by atoms with Crippen LogP contribution in [0.4, 0.5) is 0 Å². The topological polar surface area (TPSA) is 34.2 Å². The molecule has 0 fully saturated rings. The number of rotatable bonds is 5. The molecular weight excluding hydrogens is 375 g/mol. The highest BCUT2D eigenvalue weighted by atomic mass is 79.9.